The number of carbonyl (C=O) groups is 2. The molecule has 0 aromatic heterocycles. The SMILES string of the molecule is CCCCCCC=CC(=CC(=O)O)C(=O)O. The van der Waals surface area contributed by atoms with E-state index in [0.717, 1.165) is 25.7 Å². The Hall–Kier alpha value is -1.58. The highest BCUT2D eigenvalue weighted by atomic mass is 16.4. The van der Waals surface area contributed by atoms with Gasteiger partial charge >= 0.3 is 11.9 Å². The van der Waals surface area contributed by atoms with Crippen molar-refractivity contribution in [3.63, 3.8) is 0 Å². The van der Waals surface area contributed by atoms with Crippen LogP contribution in [0.1, 0.15) is 39.0 Å². The number of unbranched alkanes of at least 4 members (excludes halogenated alkanes) is 4. The van der Waals surface area contributed by atoms with Crippen molar-refractivity contribution < 1.29 is 19.8 Å². The summed E-state index contributed by atoms with van der Waals surface area (Å²) < 4.78 is 0. The Bertz CT molecular complexity index is 289. The van der Waals surface area contributed by atoms with Crippen LogP contribution in [0.5, 0.6) is 0 Å². The molecule has 0 atom stereocenters. The van der Waals surface area contributed by atoms with Crippen LogP contribution >= 0.6 is 0 Å². The Kier molecular flexibility index (Phi) is 7.85. The Morgan fingerprint density at radius 2 is 1.81 bits per heavy atom. The number of hydrogen-bond acceptors (Lipinski definition) is 2. The minimum atomic E-state index is -1.24. The average Bonchev–Trinajstić information content (AvgIpc) is 2.20. The zero-order chi connectivity index (χ0) is 12.4. The number of carboxylic acids is 2. The van der Waals surface area contributed by atoms with Crippen LogP contribution in [0.3, 0.4) is 0 Å². The molecular weight excluding hydrogens is 208 g/mol. The maximum absolute atomic E-state index is 10.6. The Balaban J connectivity index is 4.06. The van der Waals surface area contributed by atoms with Crippen molar-refractivity contribution in [2.24, 2.45) is 0 Å². The Morgan fingerprint density at radius 1 is 1.12 bits per heavy atom. The Labute approximate surface area is 95.3 Å². The third kappa shape index (κ3) is 7.79. The van der Waals surface area contributed by atoms with E-state index in [1.54, 1.807) is 6.08 Å². The van der Waals surface area contributed by atoms with Crippen LogP contribution < -0.4 is 0 Å². The fourth-order valence-corrected chi connectivity index (χ4v) is 1.21. The summed E-state index contributed by atoms with van der Waals surface area (Å²) >= 11 is 0. The van der Waals surface area contributed by atoms with Crippen molar-refractivity contribution in [1.82, 2.24) is 0 Å². The summed E-state index contributed by atoms with van der Waals surface area (Å²) in [5.41, 5.74) is -0.192. The zero-order valence-corrected chi connectivity index (χ0v) is 9.48. The summed E-state index contributed by atoms with van der Waals surface area (Å²) in [6.07, 6.45) is 8.99. The normalized spacial score (nSPS) is 11.9. The molecule has 0 heterocycles. The van der Waals surface area contributed by atoms with Crippen molar-refractivity contribution in [3.05, 3.63) is 23.8 Å². The lowest BCUT2D eigenvalue weighted by atomic mass is 10.1. The zero-order valence-electron chi connectivity index (χ0n) is 9.48. The molecule has 0 radical (unpaired) electrons. The summed E-state index contributed by atoms with van der Waals surface area (Å²) in [5, 5.41) is 17.1. The molecule has 0 saturated carbocycles. The van der Waals surface area contributed by atoms with Gasteiger partial charge in [-0.2, -0.15) is 0 Å². The number of rotatable bonds is 8. The number of hydrogen-bond donors (Lipinski definition) is 2. The molecule has 0 unspecified atom stereocenters. The van der Waals surface area contributed by atoms with E-state index in [2.05, 4.69) is 6.92 Å². The van der Waals surface area contributed by atoms with E-state index in [0.29, 0.717) is 6.08 Å². The summed E-state index contributed by atoms with van der Waals surface area (Å²) in [4.78, 5) is 20.9. The van der Waals surface area contributed by atoms with Crippen LogP contribution in [0, 0.1) is 0 Å². The third-order valence-electron chi connectivity index (χ3n) is 2.05. The van der Waals surface area contributed by atoms with Gasteiger partial charge in [-0.15, -0.1) is 0 Å². The van der Waals surface area contributed by atoms with Crippen molar-refractivity contribution in [2.75, 3.05) is 0 Å². The van der Waals surface area contributed by atoms with Gasteiger partial charge in [-0.3, -0.25) is 0 Å². The minimum absolute atomic E-state index is 0.192. The van der Waals surface area contributed by atoms with Gasteiger partial charge < -0.3 is 10.2 Å². The fraction of sp³-hybridized carbons (Fsp3) is 0.500. The highest BCUT2D eigenvalue weighted by Crippen LogP contribution is 2.05. The quantitative estimate of drug-likeness (QED) is 0.379. The molecule has 0 aromatic carbocycles. The predicted octanol–water partition coefficient (Wildman–Crippen LogP) is 2.61. The summed E-state index contributed by atoms with van der Waals surface area (Å²) in [7, 11) is 0. The number of aliphatic carboxylic acids is 2. The monoisotopic (exact) mass is 226 g/mol. The van der Waals surface area contributed by atoms with Gasteiger partial charge in [0.25, 0.3) is 0 Å². The lowest BCUT2D eigenvalue weighted by molar-refractivity contribution is -0.134. The molecule has 16 heavy (non-hydrogen) atoms. The van der Waals surface area contributed by atoms with E-state index in [9.17, 15) is 9.59 Å². The van der Waals surface area contributed by atoms with E-state index < -0.39 is 11.9 Å². The first-order valence-electron chi connectivity index (χ1n) is 5.42. The molecule has 0 saturated heterocycles. The first kappa shape index (κ1) is 14.4. The van der Waals surface area contributed by atoms with Crippen LogP contribution in [0.2, 0.25) is 0 Å². The van der Waals surface area contributed by atoms with E-state index in [1.807, 2.05) is 0 Å². The lowest BCUT2D eigenvalue weighted by Gasteiger charge is -1.95. The van der Waals surface area contributed by atoms with Gasteiger partial charge in [0, 0.05) is 6.08 Å². The van der Waals surface area contributed by atoms with E-state index in [1.165, 1.54) is 12.5 Å². The second-order valence-electron chi connectivity index (χ2n) is 3.49. The van der Waals surface area contributed by atoms with Crippen LogP contribution in [0.4, 0.5) is 0 Å². The number of allylic oxidation sites excluding steroid dienone is 1. The maximum Gasteiger partial charge on any atom is 0.335 e. The predicted molar refractivity (Wildman–Crippen MR) is 61.3 cm³/mol. The van der Waals surface area contributed by atoms with E-state index in [-0.39, 0.29) is 5.57 Å². The van der Waals surface area contributed by atoms with Crippen molar-refractivity contribution in [1.29, 1.82) is 0 Å². The van der Waals surface area contributed by atoms with E-state index in [4.69, 9.17) is 10.2 Å². The average molecular weight is 226 g/mol. The molecule has 4 nitrogen and oxygen atoms in total. The van der Waals surface area contributed by atoms with Crippen molar-refractivity contribution >= 4 is 11.9 Å². The van der Waals surface area contributed by atoms with Gasteiger partial charge in [0.05, 0.1) is 5.57 Å². The van der Waals surface area contributed by atoms with Crippen LogP contribution in [-0.2, 0) is 9.59 Å². The molecule has 0 amide bonds. The molecule has 0 bridgehead atoms. The second-order valence-corrected chi connectivity index (χ2v) is 3.49. The highest BCUT2D eigenvalue weighted by molar-refractivity contribution is 5.96. The summed E-state index contributed by atoms with van der Waals surface area (Å²) in [5.74, 6) is -2.46. The second kappa shape index (κ2) is 8.71. The molecule has 0 aromatic rings. The van der Waals surface area contributed by atoms with Crippen molar-refractivity contribution in [3.8, 4) is 0 Å². The van der Waals surface area contributed by atoms with Gasteiger partial charge in [0.15, 0.2) is 0 Å². The van der Waals surface area contributed by atoms with Crippen LogP contribution in [-0.4, -0.2) is 22.2 Å². The third-order valence-corrected chi connectivity index (χ3v) is 2.05. The van der Waals surface area contributed by atoms with Gasteiger partial charge in [-0.25, -0.2) is 9.59 Å². The molecule has 0 fully saturated rings. The molecule has 0 rings (SSSR count). The molecule has 0 spiro atoms. The van der Waals surface area contributed by atoms with Gasteiger partial charge in [-0.1, -0.05) is 38.3 Å². The highest BCUT2D eigenvalue weighted by Gasteiger charge is 2.04. The van der Waals surface area contributed by atoms with Crippen LogP contribution in [0.15, 0.2) is 23.8 Å². The van der Waals surface area contributed by atoms with E-state index >= 15 is 0 Å². The standard InChI is InChI=1S/C12H18O4/c1-2-3-4-5-6-7-8-10(12(15)16)9-11(13)14/h7-9H,2-6H2,1H3,(H,13,14)(H,15,16). The molecule has 0 aliphatic heterocycles. The Morgan fingerprint density at radius 3 is 2.31 bits per heavy atom. The molecular formula is C12H18O4. The van der Waals surface area contributed by atoms with Crippen molar-refractivity contribution in [2.45, 2.75) is 39.0 Å². The molecule has 0 aliphatic carbocycles. The number of carboxylic acid groups (broad SMARTS) is 2. The van der Waals surface area contributed by atoms with Gasteiger partial charge in [0.2, 0.25) is 0 Å². The first-order chi connectivity index (χ1) is 7.57. The van der Waals surface area contributed by atoms with Gasteiger partial charge in [0.1, 0.15) is 0 Å². The lowest BCUT2D eigenvalue weighted by Crippen LogP contribution is -2.01. The fourth-order valence-electron chi connectivity index (χ4n) is 1.21. The molecule has 2 N–H and O–H groups in total. The minimum Gasteiger partial charge on any atom is -0.478 e. The molecule has 90 valence electrons. The topological polar surface area (TPSA) is 74.6 Å². The molecule has 4 heteroatoms. The summed E-state index contributed by atoms with van der Waals surface area (Å²) in [6.45, 7) is 2.12. The first-order valence-corrected chi connectivity index (χ1v) is 5.42. The van der Waals surface area contributed by atoms with Crippen LogP contribution in [0.25, 0.3) is 0 Å². The maximum atomic E-state index is 10.6. The largest absolute Gasteiger partial charge is 0.478 e. The molecule has 0 aliphatic rings. The summed E-state index contributed by atoms with van der Waals surface area (Å²) in [6, 6.07) is 0. The smallest absolute Gasteiger partial charge is 0.335 e. The van der Waals surface area contributed by atoms with Gasteiger partial charge in [-0.05, 0) is 12.8 Å².